The van der Waals surface area contributed by atoms with Gasteiger partial charge >= 0.3 is 0 Å². The fraction of sp³-hybridized carbons (Fsp3) is 0.0357. The molecule has 7 nitrogen and oxygen atoms in total. The Morgan fingerprint density at radius 3 is 2.11 bits per heavy atom. The molecule has 0 aliphatic rings. The third-order valence-electron chi connectivity index (χ3n) is 5.28. The molecule has 0 saturated heterocycles. The van der Waals surface area contributed by atoms with Gasteiger partial charge in [-0.25, -0.2) is 4.98 Å². The maximum atomic E-state index is 13.3. The Balaban J connectivity index is 1.30. The van der Waals surface area contributed by atoms with Gasteiger partial charge in [-0.15, -0.1) is 0 Å². The summed E-state index contributed by atoms with van der Waals surface area (Å²) < 4.78 is 1.55. The molecule has 0 unspecified atom stereocenters. The smallest absolute Gasteiger partial charge is 0.266 e. The number of carbonyl (C=O) groups is 1. The van der Waals surface area contributed by atoms with Crippen LogP contribution in [0, 0.1) is 0 Å². The van der Waals surface area contributed by atoms with E-state index in [4.69, 9.17) is 0 Å². The Labute approximate surface area is 211 Å². The molecule has 0 bridgehead atoms. The van der Waals surface area contributed by atoms with E-state index in [1.165, 1.54) is 11.8 Å². The first-order valence-corrected chi connectivity index (χ1v) is 12.2. The molecular formula is C28H21N5O2S. The van der Waals surface area contributed by atoms with Crippen molar-refractivity contribution in [2.75, 3.05) is 11.1 Å². The van der Waals surface area contributed by atoms with Crippen LogP contribution in [0.1, 0.15) is 0 Å². The zero-order chi connectivity index (χ0) is 24.7. The standard InChI is InChI=1S/C28H21N5O2S/c34-26(29-20-15-17-22(18-16-20)32-31-21-9-3-1-4-10-21)19-36-28-30-25-14-8-7-13-24(25)27(35)33(28)23-11-5-2-6-12-23/h1-18H,19H2,(H,29,34). The van der Waals surface area contributed by atoms with Gasteiger partial charge in [0, 0.05) is 5.69 Å². The number of fused-ring (bicyclic) bond motifs is 1. The van der Waals surface area contributed by atoms with Gasteiger partial charge in [0.2, 0.25) is 5.91 Å². The summed E-state index contributed by atoms with van der Waals surface area (Å²) in [5.41, 5.74) is 3.21. The number of amides is 1. The Morgan fingerprint density at radius 1 is 0.778 bits per heavy atom. The van der Waals surface area contributed by atoms with Gasteiger partial charge in [-0.3, -0.25) is 14.2 Å². The van der Waals surface area contributed by atoms with Gasteiger partial charge in [-0.05, 0) is 60.7 Å². The zero-order valence-electron chi connectivity index (χ0n) is 19.1. The maximum absolute atomic E-state index is 13.3. The number of nitrogens with one attached hydrogen (secondary N) is 1. The van der Waals surface area contributed by atoms with E-state index in [9.17, 15) is 9.59 Å². The van der Waals surface area contributed by atoms with Crippen LogP contribution in [0.5, 0.6) is 0 Å². The fourth-order valence-electron chi connectivity index (χ4n) is 3.56. The first-order chi connectivity index (χ1) is 17.7. The molecule has 0 fully saturated rings. The van der Waals surface area contributed by atoms with Crippen molar-refractivity contribution in [3.8, 4) is 5.69 Å². The molecule has 0 aliphatic carbocycles. The SMILES string of the molecule is O=C(CSc1nc2ccccc2c(=O)n1-c1ccccc1)Nc1ccc(N=Nc2ccccc2)cc1. The summed E-state index contributed by atoms with van der Waals surface area (Å²) in [6.07, 6.45) is 0. The highest BCUT2D eigenvalue weighted by molar-refractivity contribution is 7.99. The van der Waals surface area contributed by atoms with Crippen molar-refractivity contribution in [2.24, 2.45) is 10.2 Å². The summed E-state index contributed by atoms with van der Waals surface area (Å²) in [4.78, 5) is 30.6. The molecule has 5 rings (SSSR count). The van der Waals surface area contributed by atoms with E-state index in [-0.39, 0.29) is 17.2 Å². The molecule has 1 amide bonds. The van der Waals surface area contributed by atoms with Crippen molar-refractivity contribution in [1.29, 1.82) is 0 Å². The predicted octanol–water partition coefficient (Wildman–Crippen LogP) is 6.53. The lowest BCUT2D eigenvalue weighted by molar-refractivity contribution is -0.113. The third kappa shape index (κ3) is 5.39. The van der Waals surface area contributed by atoms with Crippen LogP contribution in [0.25, 0.3) is 16.6 Å². The first kappa shape index (κ1) is 23.2. The number of aromatic nitrogens is 2. The predicted molar refractivity (Wildman–Crippen MR) is 144 cm³/mol. The van der Waals surface area contributed by atoms with Crippen molar-refractivity contribution in [1.82, 2.24) is 9.55 Å². The minimum absolute atomic E-state index is 0.0904. The molecular weight excluding hydrogens is 470 g/mol. The number of azo groups is 1. The van der Waals surface area contributed by atoms with Gasteiger partial charge in [0.15, 0.2) is 5.16 Å². The Morgan fingerprint density at radius 2 is 1.39 bits per heavy atom. The van der Waals surface area contributed by atoms with Gasteiger partial charge < -0.3 is 5.32 Å². The summed E-state index contributed by atoms with van der Waals surface area (Å²) in [7, 11) is 0. The average molecular weight is 492 g/mol. The Kier molecular flexibility index (Phi) is 6.95. The molecule has 0 aliphatic heterocycles. The van der Waals surface area contributed by atoms with Gasteiger partial charge in [0.25, 0.3) is 5.56 Å². The monoisotopic (exact) mass is 491 g/mol. The average Bonchev–Trinajstić information content (AvgIpc) is 2.93. The molecule has 1 aromatic heterocycles. The van der Waals surface area contributed by atoms with E-state index in [2.05, 4.69) is 20.5 Å². The molecule has 8 heteroatoms. The number of rotatable bonds is 7. The van der Waals surface area contributed by atoms with E-state index in [0.717, 1.165) is 5.69 Å². The van der Waals surface area contributed by atoms with E-state index in [0.29, 0.717) is 33.1 Å². The van der Waals surface area contributed by atoms with Gasteiger partial charge in [0.05, 0.1) is 33.7 Å². The normalized spacial score (nSPS) is 11.1. The van der Waals surface area contributed by atoms with Crippen LogP contribution in [-0.2, 0) is 4.79 Å². The summed E-state index contributed by atoms with van der Waals surface area (Å²) in [5.74, 6) is -0.117. The lowest BCUT2D eigenvalue weighted by Gasteiger charge is -2.13. The second-order valence-electron chi connectivity index (χ2n) is 7.81. The number of nitrogens with zero attached hydrogens (tertiary/aromatic N) is 4. The van der Waals surface area contributed by atoms with E-state index >= 15 is 0 Å². The molecule has 0 spiro atoms. The molecule has 1 heterocycles. The van der Waals surface area contributed by atoms with Crippen LogP contribution >= 0.6 is 11.8 Å². The number of para-hydroxylation sites is 2. The summed E-state index contributed by atoms with van der Waals surface area (Å²) >= 11 is 1.21. The highest BCUT2D eigenvalue weighted by atomic mass is 32.2. The molecule has 0 radical (unpaired) electrons. The van der Waals surface area contributed by atoms with Crippen LogP contribution in [0.15, 0.2) is 129 Å². The highest BCUT2D eigenvalue weighted by Gasteiger charge is 2.14. The molecule has 4 aromatic carbocycles. The second-order valence-corrected chi connectivity index (χ2v) is 8.75. The highest BCUT2D eigenvalue weighted by Crippen LogP contribution is 2.23. The van der Waals surface area contributed by atoms with Crippen LogP contribution < -0.4 is 10.9 Å². The second kappa shape index (κ2) is 10.8. The largest absolute Gasteiger partial charge is 0.325 e. The van der Waals surface area contributed by atoms with Crippen LogP contribution in [0.2, 0.25) is 0 Å². The zero-order valence-corrected chi connectivity index (χ0v) is 19.9. The molecule has 0 saturated carbocycles. The summed E-state index contributed by atoms with van der Waals surface area (Å²) in [5, 5.41) is 12.3. The van der Waals surface area contributed by atoms with Crippen LogP contribution in [-0.4, -0.2) is 21.2 Å². The van der Waals surface area contributed by atoms with Crippen molar-refractivity contribution >= 4 is 45.6 Å². The molecule has 36 heavy (non-hydrogen) atoms. The lowest BCUT2D eigenvalue weighted by Crippen LogP contribution is -2.22. The van der Waals surface area contributed by atoms with Gasteiger partial charge in [-0.1, -0.05) is 60.3 Å². The number of hydrogen-bond acceptors (Lipinski definition) is 6. The number of benzene rings is 4. The number of anilines is 1. The van der Waals surface area contributed by atoms with E-state index in [1.807, 2.05) is 72.8 Å². The first-order valence-electron chi connectivity index (χ1n) is 11.2. The topological polar surface area (TPSA) is 88.7 Å². The van der Waals surface area contributed by atoms with Gasteiger partial charge in [-0.2, -0.15) is 10.2 Å². The van der Waals surface area contributed by atoms with Crippen molar-refractivity contribution in [3.05, 3.63) is 120 Å². The van der Waals surface area contributed by atoms with Crippen molar-refractivity contribution < 1.29 is 4.79 Å². The lowest BCUT2D eigenvalue weighted by atomic mass is 10.2. The third-order valence-corrected chi connectivity index (χ3v) is 6.22. The minimum Gasteiger partial charge on any atom is -0.325 e. The number of carbonyl (C=O) groups excluding carboxylic acids is 1. The van der Waals surface area contributed by atoms with Gasteiger partial charge in [0.1, 0.15) is 0 Å². The fourth-order valence-corrected chi connectivity index (χ4v) is 4.38. The Bertz CT molecular complexity index is 1580. The molecule has 1 N–H and O–H groups in total. The van der Waals surface area contributed by atoms with Crippen molar-refractivity contribution in [2.45, 2.75) is 5.16 Å². The number of thioether (sulfide) groups is 1. The van der Waals surface area contributed by atoms with Crippen LogP contribution in [0.3, 0.4) is 0 Å². The maximum Gasteiger partial charge on any atom is 0.266 e. The molecule has 5 aromatic rings. The van der Waals surface area contributed by atoms with E-state index < -0.39 is 0 Å². The van der Waals surface area contributed by atoms with Crippen LogP contribution in [0.4, 0.5) is 17.1 Å². The quantitative estimate of drug-likeness (QED) is 0.159. The van der Waals surface area contributed by atoms with E-state index in [1.54, 1.807) is 41.0 Å². The minimum atomic E-state index is -0.208. The molecule has 0 atom stereocenters. The summed E-state index contributed by atoms with van der Waals surface area (Å²) in [6.45, 7) is 0. The molecule has 176 valence electrons. The Hall–Kier alpha value is -4.56. The number of hydrogen-bond donors (Lipinski definition) is 1. The van der Waals surface area contributed by atoms with Crippen molar-refractivity contribution in [3.63, 3.8) is 0 Å². The summed E-state index contributed by atoms with van der Waals surface area (Å²) in [6, 6.07) is 33.1.